The van der Waals surface area contributed by atoms with Crippen molar-refractivity contribution >= 4 is 5.91 Å². The standard InChI is InChI=1S/C12H14F3N3O/c13-12(14,15)8-3-1-2-4-9(8)18-11(19)10-7-16-5-6-17-10/h5-9H,1-4H2,(H,18,19)/t8-,9-/m0/s1. The van der Waals surface area contributed by atoms with E-state index in [0.717, 1.165) is 0 Å². The van der Waals surface area contributed by atoms with Gasteiger partial charge in [0.1, 0.15) is 5.69 Å². The molecule has 1 aliphatic carbocycles. The van der Waals surface area contributed by atoms with Crippen molar-refractivity contribution in [1.82, 2.24) is 15.3 Å². The number of hydrogen-bond acceptors (Lipinski definition) is 3. The lowest BCUT2D eigenvalue weighted by molar-refractivity contribution is -0.187. The van der Waals surface area contributed by atoms with Gasteiger partial charge >= 0.3 is 6.18 Å². The fraction of sp³-hybridized carbons (Fsp3) is 0.583. The monoisotopic (exact) mass is 273 g/mol. The van der Waals surface area contributed by atoms with Gasteiger partial charge in [-0.15, -0.1) is 0 Å². The highest BCUT2D eigenvalue weighted by Gasteiger charge is 2.46. The summed E-state index contributed by atoms with van der Waals surface area (Å²) in [6.45, 7) is 0. The molecule has 104 valence electrons. The molecule has 19 heavy (non-hydrogen) atoms. The number of hydrogen-bond donors (Lipinski definition) is 1. The van der Waals surface area contributed by atoms with Gasteiger partial charge in [0.2, 0.25) is 0 Å². The average molecular weight is 273 g/mol. The first-order valence-corrected chi connectivity index (χ1v) is 6.12. The van der Waals surface area contributed by atoms with Crippen LogP contribution in [0.2, 0.25) is 0 Å². The summed E-state index contributed by atoms with van der Waals surface area (Å²) >= 11 is 0. The van der Waals surface area contributed by atoms with E-state index in [4.69, 9.17) is 0 Å². The number of aromatic nitrogens is 2. The molecule has 0 aliphatic heterocycles. The zero-order valence-corrected chi connectivity index (χ0v) is 10.2. The van der Waals surface area contributed by atoms with Crippen LogP contribution < -0.4 is 5.32 Å². The minimum absolute atomic E-state index is 0.0361. The predicted molar refractivity (Wildman–Crippen MR) is 61.3 cm³/mol. The molecule has 1 saturated carbocycles. The van der Waals surface area contributed by atoms with Gasteiger partial charge in [0.15, 0.2) is 0 Å². The molecule has 0 unspecified atom stereocenters. The summed E-state index contributed by atoms with van der Waals surface area (Å²) in [4.78, 5) is 19.3. The molecule has 1 aromatic rings. The quantitative estimate of drug-likeness (QED) is 0.899. The summed E-state index contributed by atoms with van der Waals surface area (Å²) in [5.74, 6) is -2.07. The van der Waals surface area contributed by atoms with Crippen LogP contribution in [0.3, 0.4) is 0 Å². The van der Waals surface area contributed by atoms with Crippen LogP contribution in [-0.4, -0.2) is 28.1 Å². The van der Waals surface area contributed by atoms with Crippen molar-refractivity contribution in [1.29, 1.82) is 0 Å². The summed E-state index contributed by atoms with van der Waals surface area (Å²) in [5.41, 5.74) is 0.0361. The molecule has 2 atom stereocenters. The number of carbonyl (C=O) groups is 1. The fourth-order valence-corrected chi connectivity index (χ4v) is 2.35. The Kier molecular flexibility index (Phi) is 4.01. The molecule has 7 heteroatoms. The minimum atomic E-state index is -4.28. The minimum Gasteiger partial charge on any atom is -0.347 e. The van der Waals surface area contributed by atoms with Crippen molar-refractivity contribution in [3.63, 3.8) is 0 Å². The van der Waals surface area contributed by atoms with Crippen LogP contribution in [0.25, 0.3) is 0 Å². The number of amides is 1. The highest BCUT2D eigenvalue weighted by atomic mass is 19.4. The Bertz CT molecular complexity index is 436. The Morgan fingerprint density at radius 1 is 1.26 bits per heavy atom. The van der Waals surface area contributed by atoms with E-state index in [1.54, 1.807) is 0 Å². The molecule has 2 rings (SSSR count). The summed E-state index contributed by atoms with van der Waals surface area (Å²) in [5, 5.41) is 2.43. The summed E-state index contributed by atoms with van der Waals surface area (Å²) < 4.78 is 38.6. The molecular weight excluding hydrogens is 259 g/mol. The van der Waals surface area contributed by atoms with E-state index in [-0.39, 0.29) is 12.1 Å². The van der Waals surface area contributed by atoms with Gasteiger partial charge in [0.05, 0.1) is 12.1 Å². The number of alkyl halides is 3. The lowest BCUT2D eigenvalue weighted by Gasteiger charge is -2.33. The van der Waals surface area contributed by atoms with E-state index in [2.05, 4.69) is 15.3 Å². The Hall–Kier alpha value is -1.66. The summed E-state index contributed by atoms with van der Waals surface area (Å²) in [6, 6.07) is -0.872. The van der Waals surface area contributed by atoms with Gasteiger partial charge in [0.25, 0.3) is 5.91 Å². The zero-order chi connectivity index (χ0) is 13.9. The Morgan fingerprint density at radius 2 is 2.00 bits per heavy atom. The molecule has 1 aromatic heterocycles. The maximum atomic E-state index is 12.9. The molecule has 1 heterocycles. The van der Waals surface area contributed by atoms with Crippen molar-refractivity contribution in [2.24, 2.45) is 5.92 Å². The third kappa shape index (κ3) is 3.42. The number of nitrogens with zero attached hydrogens (tertiary/aromatic N) is 2. The lowest BCUT2D eigenvalue weighted by atomic mass is 9.84. The number of halogens is 3. The second-order valence-corrected chi connectivity index (χ2v) is 4.60. The van der Waals surface area contributed by atoms with Crippen LogP contribution in [0, 0.1) is 5.92 Å². The molecule has 0 aromatic carbocycles. The van der Waals surface area contributed by atoms with Gasteiger partial charge < -0.3 is 5.32 Å². The molecule has 4 nitrogen and oxygen atoms in total. The van der Waals surface area contributed by atoms with Crippen LogP contribution in [0.4, 0.5) is 13.2 Å². The van der Waals surface area contributed by atoms with Crippen LogP contribution in [0.15, 0.2) is 18.6 Å². The molecule has 0 radical (unpaired) electrons. The number of rotatable bonds is 2. The lowest BCUT2D eigenvalue weighted by Crippen LogP contribution is -2.47. The normalized spacial score (nSPS) is 23.9. The largest absolute Gasteiger partial charge is 0.393 e. The summed E-state index contributed by atoms with van der Waals surface area (Å²) in [6.07, 6.45) is 1.33. The average Bonchev–Trinajstić information content (AvgIpc) is 2.39. The van der Waals surface area contributed by atoms with Gasteiger partial charge in [-0.25, -0.2) is 4.98 Å². The highest BCUT2D eigenvalue weighted by Crippen LogP contribution is 2.37. The number of carbonyl (C=O) groups excluding carboxylic acids is 1. The maximum Gasteiger partial charge on any atom is 0.393 e. The van der Waals surface area contributed by atoms with Gasteiger partial charge in [-0.05, 0) is 12.8 Å². The van der Waals surface area contributed by atoms with E-state index in [1.165, 1.54) is 18.6 Å². The first-order valence-electron chi connectivity index (χ1n) is 6.12. The molecule has 1 aliphatic rings. The van der Waals surface area contributed by atoms with Gasteiger partial charge in [0, 0.05) is 18.4 Å². The van der Waals surface area contributed by atoms with Gasteiger partial charge in [-0.1, -0.05) is 12.8 Å². The molecule has 0 saturated heterocycles. The maximum absolute atomic E-state index is 12.9. The van der Waals surface area contributed by atoms with Crippen LogP contribution in [-0.2, 0) is 0 Å². The van der Waals surface area contributed by atoms with Crippen LogP contribution >= 0.6 is 0 Å². The van der Waals surface area contributed by atoms with E-state index >= 15 is 0 Å². The van der Waals surface area contributed by atoms with E-state index in [1.807, 2.05) is 0 Å². The second kappa shape index (κ2) is 5.54. The summed E-state index contributed by atoms with van der Waals surface area (Å²) in [7, 11) is 0. The van der Waals surface area contributed by atoms with Crippen molar-refractivity contribution in [3.05, 3.63) is 24.3 Å². The predicted octanol–water partition coefficient (Wildman–Crippen LogP) is 2.33. The van der Waals surface area contributed by atoms with Gasteiger partial charge in [-0.2, -0.15) is 13.2 Å². The Labute approximate surface area is 108 Å². The second-order valence-electron chi connectivity index (χ2n) is 4.60. The van der Waals surface area contributed by atoms with E-state index in [9.17, 15) is 18.0 Å². The first-order chi connectivity index (χ1) is 8.98. The Morgan fingerprint density at radius 3 is 2.63 bits per heavy atom. The molecular formula is C12H14F3N3O. The van der Waals surface area contributed by atoms with E-state index in [0.29, 0.717) is 19.3 Å². The molecule has 0 spiro atoms. The topological polar surface area (TPSA) is 54.9 Å². The SMILES string of the molecule is O=C(N[C@H]1CCCC[C@@H]1C(F)(F)F)c1cnccn1. The fourth-order valence-electron chi connectivity index (χ4n) is 2.35. The van der Waals surface area contributed by atoms with Crippen molar-refractivity contribution < 1.29 is 18.0 Å². The van der Waals surface area contributed by atoms with Crippen LogP contribution in [0.5, 0.6) is 0 Å². The van der Waals surface area contributed by atoms with Crippen molar-refractivity contribution in [2.75, 3.05) is 0 Å². The highest BCUT2D eigenvalue weighted by molar-refractivity contribution is 5.92. The van der Waals surface area contributed by atoms with E-state index < -0.39 is 24.0 Å². The molecule has 1 N–H and O–H groups in total. The third-order valence-corrected chi connectivity index (χ3v) is 3.30. The van der Waals surface area contributed by atoms with Crippen LogP contribution in [0.1, 0.15) is 36.2 Å². The first kappa shape index (κ1) is 13.8. The smallest absolute Gasteiger partial charge is 0.347 e. The third-order valence-electron chi connectivity index (χ3n) is 3.30. The molecule has 1 fully saturated rings. The Balaban J connectivity index is 2.06. The van der Waals surface area contributed by atoms with Crippen molar-refractivity contribution in [2.45, 2.75) is 37.9 Å². The van der Waals surface area contributed by atoms with Crippen molar-refractivity contribution in [3.8, 4) is 0 Å². The molecule has 0 bridgehead atoms. The van der Waals surface area contributed by atoms with Gasteiger partial charge in [-0.3, -0.25) is 9.78 Å². The number of nitrogens with one attached hydrogen (secondary N) is 1. The molecule has 1 amide bonds. The zero-order valence-electron chi connectivity index (χ0n) is 10.2.